The summed E-state index contributed by atoms with van der Waals surface area (Å²) in [5.74, 6) is -0.769. The summed E-state index contributed by atoms with van der Waals surface area (Å²) in [4.78, 5) is -0.200. The molecule has 1 heterocycles. The van der Waals surface area contributed by atoms with E-state index in [0.29, 0.717) is 0 Å². The number of allylic oxidation sites excluding steroid dienone is 1. The minimum absolute atomic E-state index is 0.0911. The number of hydrogen-bond donors (Lipinski definition) is 0. The molecule has 0 aromatic heterocycles. The number of nitrogens with zero attached hydrogens (tertiary/aromatic N) is 2. The molecule has 3 rings (SSSR count). The molecule has 12 heteroatoms. The van der Waals surface area contributed by atoms with Crippen molar-refractivity contribution in [3.63, 3.8) is 0 Å². The van der Waals surface area contributed by atoms with E-state index in [1.54, 1.807) is 0 Å². The number of sulfone groups is 1. The Kier molecular flexibility index (Phi) is 6.07. The first kappa shape index (κ1) is 24.1. The van der Waals surface area contributed by atoms with Crippen LogP contribution in [-0.4, -0.2) is 43.7 Å². The minimum atomic E-state index is -5.21. The second-order valence-corrected chi connectivity index (χ2v) is 9.05. The van der Waals surface area contributed by atoms with E-state index in [4.69, 9.17) is 0 Å². The summed E-state index contributed by atoms with van der Waals surface area (Å²) < 4.78 is 121. The molecule has 0 amide bonds. The van der Waals surface area contributed by atoms with Crippen LogP contribution < -0.4 is 0 Å². The zero-order chi connectivity index (χ0) is 24.1. The zero-order valence-corrected chi connectivity index (χ0v) is 17.5. The van der Waals surface area contributed by atoms with E-state index in [-0.39, 0.29) is 26.0 Å². The van der Waals surface area contributed by atoms with Crippen LogP contribution in [0.15, 0.2) is 59.1 Å². The Balaban J connectivity index is 2.34. The van der Waals surface area contributed by atoms with Crippen molar-refractivity contribution < 1.29 is 39.2 Å². The van der Waals surface area contributed by atoms with Gasteiger partial charge in [0.15, 0.2) is 9.84 Å². The van der Waals surface area contributed by atoms with Gasteiger partial charge in [-0.2, -0.15) is 26.3 Å². The van der Waals surface area contributed by atoms with Crippen LogP contribution in [-0.2, 0) is 9.84 Å². The molecule has 174 valence electrons. The van der Waals surface area contributed by atoms with Crippen molar-refractivity contribution in [2.24, 2.45) is 0 Å². The molecule has 0 radical (unpaired) electrons. The molecule has 0 saturated heterocycles. The maximum Gasteiger partial charge on any atom is 0.478 e. The smallest absolute Gasteiger partial charge is 0.293 e. The second kappa shape index (κ2) is 8.07. The molecule has 4 nitrogen and oxygen atoms in total. The van der Waals surface area contributed by atoms with Gasteiger partial charge in [0.2, 0.25) is 0 Å². The van der Waals surface area contributed by atoms with Gasteiger partial charge in [-0.05, 0) is 42.3 Å². The summed E-state index contributed by atoms with van der Waals surface area (Å²) in [6, 6.07) is 5.81. The van der Waals surface area contributed by atoms with Crippen LogP contribution in [0.1, 0.15) is 24.1 Å². The molecule has 1 atom stereocenters. The van der Waals surface area contributed by atoms with Crippen LogP contribution in [0.2, 0.25) is 0 Å². The Hall–Kier alpha value is -2.60. The predicted octanol–water partition coefficient (Wildman–Crippen LogP) is 5.32. The third-order valence-electron chi connectivity index (χ3n) is 4.90. The monoisotopic (exact) mass is 482 g/mol. The van der Waals surface area contributed by atoms with E-state index in [1.165, 1.54) is 0 Å². The Morgan fingerprint density at radius 2 is 1.44 bits per heavy atom. The molecule has 1 aliphatic rings. The Labute approximate surface area is 179 Å². The maximum absolute atomic E-state index is 14.1. The van der Waals surface area contributed by atoms with Crippen LogP contribution in [0.25, 0.3) is 5.57 Å². The van der Waals surface area contributed by atoms with Crippen LogP contribution in [0, 0.1) is 5.82 Å². The normalized spacial score (nSPS) is 18.5. The molecule has 1 aliphatic heterocycles. The van der Waals surface area contributed by atoms with E-state index in [2.05, 4.69) is 0 Å². The molecule has 0 bridgehead atoms. The van der Waals surface area contributed by atoms with Crippen LogP contribution in [0.3, 0.4) is 0 Å². The standard InChI is InChI=1S/C20H17F7N2O2S/c1-3-28-18(19(22,23)24)16(12-4-8-14(21)9-5-12)17(29(28)20(25,26)27)13-6-10-15(11-7-13)32(2,30)31/h4-11,17H,3H2,1-2H3. The second-order valence-electron chi connectivity index (χ2n) is 7.04. The Morgan fingerprint density at radius 1 is 0.906 bits per heavy atom. The first-order valence-corrected chi connectivity index (χ1v) is 11.1. The fourth-order valence-corrected chi connectivity index (χ4v) is 4.29. The van der Waals surface area contributed by atoms with Gasteiger partial charge in [-0.15, -0.1) is 5.01 Å². The van der Waals surface area contributed by atoms with Crippen LogP contribution >= 0.6 is 0 Å². The average molecular weight is 482 g/mol. The summed E-state index contributed by atoms with van der Waals surface area (Å²) in [7, 11) is -3.68. The van der Waals surface area contributed by atoms with Crippen molar-refractivity contribution >= 4 is 15.4 Å². The maximum atomic E-state index is 14.1. The highest BCUT2D eigenvalue weighted by Crippen LogP contribution is 2.53. The topological polar surface area (TPSA) is 40.6 Å². The summed E-state index contributed by atoms with van der Waals surface area (Å²) in [5.41, 5.74) is -2.71. The van der Waals surface area contributed by atoms with Crippen molar-refractivity contribution in [2.45, 2.75) is 30.3 Å². The van der Waals surface area contributed by atoms with E-state index < -0.39 is 52.0 Å². The van der Waals surface area contributed by atoms with Gasteiger partial charge in [-0.1, -0.05) is 24.3 Å². The van der Waals surface area contributed by atoms with Crippen molar-refractivity contribution in [3.8, 4) is 0 Å². The lowest BCUT2D eigenvalue weighted by atomic mass is 9.92. The molecule has 0 N–H and O–H groups in total. The molecule has 2 aromatic rings. The van der Waals surface area contributed by atoms with E-state index in [0.717, 1.165) is 61.7 Å². The average Bonchev–Trinajstić information content (AvgIpc) is 3.04. The third-order valence-corrected chi connectivity index (χ3v) is 6.03. The molecule has 2 aromatic carbocycles. The highest BCUT2D eigenvalue weighted by atomic mass is 32.2. The van der Waals surface area contributed by atoms with E-state index >= 15 is 0 Å². The highest BCUT2D eigenvalue weighted by molar-refractivity contribution is 7.90. The molecule has 32 heavy (non-hydrogen) atoms. The third kappa shape index (κ3) is 4.46. The number of benzene rings is 2. The number of hydrogen-bond acceptors (Lipinski definition) is 4. The lowest BCUT2D eigenvalue weighted by molar-refractivity contribution is -0.315. The molecular formula is C20H17F7N2O2S. The number of hydrazine groups is 1. The van der Waals surface area contributed by atoms with E-state index in [1.807, 2.05) is 0 Å². The first-order chi connectivity index (χ1) is 14.7. The summed E-state index contributed by atoms with van der Waals surface area (Å²) in [6.45, 7) is 0.485. The summed E-state index contributed by atoms with van der Waals surface area (Å²) in [5, 5.41) is -0.252. The number of rotatable bonds is 4. The molecular weight excluding hydrogens is 465 g/mol. The van der Waals surface area contributed by atoms with Crippen molar-refractivity contribution in [2.75, 3.05) is 12.8 Å². The van der Waals surface area contributed by atoms with Crippen molar-refractivity contribution in [3.05, 3.63) is 71.2 Å². The number of alkyl halides is 6. The molecule has 0 spiro atoms. The zero-order valence-electron chi connectivity index (χ0n) is 16.7. The number of halogens is 7. The summed E-state index contributed by atoms with van der Waals surface area (Å²) in [6.07, 6.45) is -9.48. The van der Waals surface area contributed by atoms with Gasteiger partial charge >= 0.3 is 12.5 Å². The lowest BCUT2D eigenvalue weighted by Gasteiger charge is -2.36. The van der Waals surface area contributed by atoms with Crippen molar-refractivity contribution in [1.29, 1.82) is 0 Å². The molecule has 0 fully saturated rings. The van der Waals surface area contributed by atoms with Gasteiger partial charge in [0.25, 0.3) is 0 Å². The molecule has 1 unspecified atom stereocenters. The fourth-order valence-electron chi connectivity index (χ4n) is 3.66. The van der Waals surface area contributed by atoms with Crippen LogP contribution in [0.5, 0.6) is 0 Å². The Bertz CT molecular complexity index is 1120. The first-order valence-electron chi connectivity index (χ1n) is 9.17. The molecule has 0 aliphatic carbocycles. The van der Waals surface area contributed by atoms with Gasteiger partial charge in [0, 0.05) is 18.4 Å². The summed E-state index contributed by atoms with van der Waals surface area (Å²) >= 11 is 0. The minimum Gasteiger partial charge on any atom is -0.293 e. The largest absolute Gasteiger partial charge is 0.478 e. The van der Waals surface area contributed by atoms with Gasteiger partial charge in [-0.3, -0.25) is 5.01 Å². The van der Waals surface area contributed by atoms with Gasteiger partial charge in [0.05, 0.1) is 10.9 Å². The van der Waals surface area contributed by atoms with Gasteiger partial charge in [-0.25, -0.2) is 12.8 Å². The lowest BCUT2D eigenvalue weighted by Crippen LogP contribution is -2.49. The Morgan fingerprint density at radius 3 is 1.84 bits per heavy atom. The van der Waals surface area contributed by atoms with Crippen molar-refractivity contribution in [1.82, 2.24) is 10.0 Å². The quantitative estimate of drug-likeness (QED) is 0.437. The fraction of sp³-hybridized carbons (Fsp3) is 0.300. The van der Waals surface area contributed by atoms with E-state index in [9.17, 15) is 39.2 Å². The SMILES string of the molecule is CCN1C(C(F)(F)F)=C(c2ccc(F)cc2)C(c2ccc(S(C)(=O)=O)cc2)N1C(F)(F)F. The van der Waals surface area contributed by atoms with Gasteiger partial charge < -0.3 is 0 Å². The van der Waals surface area contributed by atoms with Crippen LogP contribution in [0.4, 0.5) is 30.7 Å². The molecule has 0 saturated carbocycles. The van der Waals surface area contributed by atoms with Gasteiger partial charge in [0.1, 0.15) is 11.5 Å². The predicted molar refractivity (Wildman–Crippen MR) is 102 cm³/mol. The highest BCUT2D eigenvalue weighted by Gasteiger charge is 2.58.